The van der Waals surface area contributed by atoms with E-state index in [4.69, 9.17) is 5.11 Å². The Balaban J connectivity index is 1.97. The number of halogens is 1. The average Bonchev–Trinajstić information content (AvgIpc) is 3.22. The van der Waals surface area contributed by atoms with Gasteiger partial charge in [0.05, 0.1) is 6.42 Å². The number of hydrogen-bond donors (Lipinski definition) is 2. The Labute approximate surface area is 116 Å². The van der Waals surface area contributed by atoms with Crippen molar-refractivity contribution in [2.24, 2.45) is 0 Å². The number of aliphatic carboxylic acids is 1. The molecule has 108 valence electrons. The first-order valence-corrected chi connectivity index (χ1v) is 6.50. The molecule has 0 bridgehead atoms. The Hall–Kier alpha value is -2.11. The molecule has 1 fully saturated rings. The van der Waals surface area contributed by atoms with E-state index in [0.29, 0.717) is 11.3 Å². The van der Waals surface area contributed by atoms with Crippen molar-refractivity contribution in [2.45, 2.75) is 25.2 Å². The zero-order chi connectivity index (χ0) is 14.7. The molecule has 0 atom stereocenters. The van der Waals surface area contributed by atoms with Crippen LogP contribution in [0.4, 0.5) is 14.9 Å². The lowest BCUT2D eigenvalue weighted by molar-refractivity contribution is -0.137. The molecular formula is C14H17FN2O3. The van der Waals surface area contributed by atoms with Crippen LogP contribution < -0.4 is 5.32 Å². The highest BCUT2D eigenvalue weighted by atomic mass is 19.1. The van der Waals surface area contributed by atoms with Crippen molar-refractivity contribution in [3.8, 4) is 0 Å². The summed E-state index contributed by atoms with van der Waals surface area (Å²) in [7, 11) is 1.52. The van der Waals surface area contributed by atoms with Crippen LogP contribution in [-0.4, -0.2) is 35.6 Å². The number of carbonyl (C=O) groups is 2. The van der Waals surface area contributed by atoms with Crippen LogP contribution in [0.5, 0.6) is 0 Å². The molecular weight excluding hydrogens is 263 g/mol. The van der Waals surface area contributed by atoms with Crippen molar-refractivity contribution < 1.29 is 19.1 Å². The molecule has 0 heterocycles. The molecule has 1 aliphatic carbocycles. The molecule has 2 amide bonds. The number of carboxylic acid groups (broad SMARTS) is 1. The third-order valence-corrected chi connectivity index (χ3v) is 3.27. The average molecular weight is 280 g/mol. The summed E-state index contributed by atoms with van der Waals surface area (Å²) >= 11 is 0. The number of carboxylic acids is 1. The van der Waals surface area contributed by atoms with Gasteiger partial charge in [0.1, 0.15) is 5.82 Å². The predicted molar refractivity (Wildman–Crippen MR) is 72.3 cm³/mol. The van der Waals surface area contributed by atoms with Crippen LogP contribution in [0, 0.1) is 5.82 Å². The molecule has 0 radical (unpaired) electrons. The van der Waals surface area contributed by atoms with E-state index >= 15 is 0 Å². The number of benzene rings is 1. The van der Waals surface area contributed by atoms with E-state index in [-0.39, 0.29) is 24.7 Å². The van der Waals surface area contributed by atoms with Crippen molar-refractivity contribution >= 4 is 17.7 Å². The standard InChI is InChI=1S/C14H17FN2O3/c1-17(7-6-13(18)19)14(20)16-10-4-5-12(15)11(8-10)9-2-3-9/h4-5,8-9H,2-3,6-7H2,1H3,(H,16,20)(H,18,19). The molecule has 1 aliphatic rings. The van der Waals surface area contributed by atoms with Crippen LogP contribution >= 0.6 is 0 Å². The monoisotopic (exact) mass is 280 g/mol. The second-order valence-electron chi connectivity index (χ2n) is 5.01. The minimum absolute atomic E-state index is 0.110. The summed E-state index contributed by atoms with van der Waals surface area (Å²) in [5, 5.41) is 11.2. The molecule has 6 heteroatoms. The molecule has 1 aromatic rings. The summed E-state index contributed by atoms with van der Waals surface area (Å²) in [5.41, 5.74) is 1.16. The second kappa shape index (κ2) is 5.90. The van der Waals surface area contributed by atoms with Gasteiger partial charge in [-0.3, -0.25) is 4.79 Å². The highest BCUT2D eigenvalue weighted by Crippen LogP contribution is 2.42. The third kappa shape index (κ3) is 3.69. The quantitative estimate of drug-likeness (QED) is 0.871. The molecule has 1 aromatic carbocycles. The van der Waals surface area contributed by atoms with E-state index in [2.05, 4.69) is 5.32 Å². The van der Waals surface area contributed by atoms with Gasteiger partial charge in [0, 0.05) is 19.3 Å². The Morgan fingerprint density at radius 2 is 2.15 bits per heavy atom. The second-order valence-corrected chi connectivity index (χ2v) is 5.01. The van der Waals surface area contributed by atoms with Gasteiger partial charge in [-0.25, -0.2) is 9.18 Å². The summed E-state index contributed by atoms with van der Waals surface area (Å²) < 4.78 is 13.6. The zero-order valence-electron chi connectivity index (χ0n) is 11.2. The zero-order valence-corrected chi connectivity index (χ0v) is 11.2. The van der Waals surface area contributed by atoms with Gasteiger partial charge in [-0.05, 0) is 42.5 Å². The van der Waals surface area contributed by atoms with Crippen LogP contribution in [0.1, 0.15) is 30.7 Å². The number of nitrogens with one attached hydrogen (secondary N) is 1. The largest absolute Gasteiger partial charge is 0.481 e. The van der Waals surface area contributed by atoms with Gasteiger partial charge in [-0.2, -0.15) is 0 Å². The molecule has 0 aliphatic heterocycles. The number of hydrogen-bond acceptors (Lipinski definition) is 2. The Morgan fingerprint density at radius 3 is 2.75 bits per heavy atom. The smallest absolute Gasteiger partial charge is 0.321 e. The maximum atomic E-state index is 13.6. The summed E-state index contributed by atoms with van der Waals surface area (Å²) in [4.78, 5) is 23.6. The highest BCUT2D eigenvalue weighted by Gasteiger charge is 2.26. The maximum Gasteiger partial charge on any atom is 0.321 e. The lowest BCUT2D eigenvalue weighted by Gasteiger charge is -2.17. The Bertz CT molecular complexity index is 529. The third-order valence-electron chi connectivity index (χ3n) is 3.27. The minimum atomic E-state index is -0.956. The van der Waals surface area contributed by atoms with Crippen molar-refractivity contribution in [3.63, 3.8) is 0 Å². The molecule has 0 unspecified atom stereocenters. The van der Waals surface area contributed by atoms with E-state index in [0.717, 1.165) is 12.8 Å². The summed E-state index contributed by atoms with van der Waals surface area (Å²) in [6.45, 7) is 0.123. The fourth-order valence-corrected chi connectivity index (χ4v) is 1.91. The molecule has 5 nitrogen and oxygen atoms in total. The van der Waals surface area contributed by atoms with Crippen molar-refractivity contribution in [1.29, 1.82) is 0 Å². The molecule has 0 spiro atoms. The predicted octanol–water partition coefficient (Wildman–Crippen LogP) is 2.64. The number of anilines is 1. The first kappa shape index (κ1) is 14.3. The first-order valence-electron chi connectivity index (χ1n) is 6.50. The lowest BCUT2D eigenvalue weighted by Crippen LogP contribution is -2.33. The number of urea groups is 1. The minimum Gasteiger partial charge on any atom is -0.481 e. The summed E-state index contributed by atoms with van der Waals surface area (Å²) in [6.07, 6.45) is 1.85. The number of carbonyl (C=O) groups excluding carboxylic acids is 1. The number of nitrogens with zero attached hydrogens (tertiary/aromatic N) is 1. The highest BCUT2D eigenvalue weighted by molar-refractivity contribution is 5.89. The summed E-state index contributed by atoms with van der Waals surface area (Å²) in [6, 6.07) is 4.10. The van der Waals surface area contributed by atoms with Gasteiger partial charge in [0.25, 0.3) is 0 Å². The van der Waals surface area contributed by atoms with Crippen LogP contribution in [0.3, 0.4) is 0 Å². The number of rotatable bonds is 5. The van der Waals surface area contributed by atoms with Crippen molar-refractivity contribution in [2.75, 3.05) is 18.9 Å². The molecule has 2 rings (SSSR count). The number of amides is 2. The van der Waals surface area contributed by atoms with E-state index in [1.807, 2.05) is 0 Å². The van der Waals surface area contributed by atoms with Gasteiger partial charge >= 0.3 is 12.0 Å². The fraction of sp³-hybridized carbons (Fsp3) is 0.429. The molecule has 20 heavy (non-hydrogen) atoms. The van der Waals surface area contributed by atoms with E-state index in [1.165, 1.54) is 24.1 Å². The molecule has 2 N–H and O–H groups in total. The van der Waals surface area contributed by atoms with Gasteiger partial charge in [-0.15, -0.1) is 0 Å². The van der Waals surface area contributed by atoms with E-state index in [1.54, 1.807) is 6.07 Å². The lowest BCUT2D eigenvalue weighted by atomic mass is 10.1. The Kier molecular flexibility index (Phi) is 4.22. The van der Waals surface area contributed by atoms with Crippen LogP contribution in [0.2, 0.25) is 0 Å². The van der Waals surface area contributed by atoms with Crippen LogP contribution in [0.25, 0.3) is 0 Å². The first-order chi connectivity index (χ1) is 9.47. The summed E-state index contributed by atoms with van der Waals surface area (Å²) in [5.74, 6) is -0.941. The van der Waals surface area contributed by atoms with E-state index < -0.39 is 12.0 Å². The fourth-order valence-electron chi connectivity index (χ4n) is 1.91. The van der Waals surface area contributed by atoms with Gasteiger partial charge in [0.15, 0.2) is 0 Å². The topological polar surface area (TPSA) is 69.6 Å². The van der Waals surface area contributed by atoms with Gasteiger partial charge in [-0.1, -0.05) is 0 Å². The Morgan fingerprint density at radius 1 is 1.45 bits per heavy atom. The van der Waals surface area contributed by atoms with Crippen LogP contribution in [0.15, 0.2) is 18.2 Å². The molecule has 0 aromatic heterocycles. The van der Waals surface area contributed by atoms with Crippen molar-refractivity contribution in [1.82, 2.24) is 4.90 Å². The molecule has 0 saturated heterocycles. The normalized spacial score (nSPS) is 13.9. The van der Waals surface area contributed by atoms with Crippen molar-refractivity contribution in [3.05, 3.63) is 29.6 Å². The van der Waals surface area contributed by atoms with Gasteiger partial charge in [0.2, 0.25) is 0 Å². The molecule has 1 saturated carbocycles. The SMILES string of the molecule is CN(CCC(=O)O)C(=O)Nc1ccc(F)c(C2CC2)c1. The van der Waals surface area contributed by atoms with E-state index in [9.17, 15) is 14.0 Å². The maximum absolute atomic E-state index is 13.6. The van der Waals surface area contributed by atoms with Crippen LogP contribution in [-0.2, 0) is 4.79 Å². The van der Waals surface area contributed by atoms with Gasteiger partial charge < -0.3 is 15.3 Å².